The molecule has 2 rings (SSSR count). The van der Waals surface area contributed by atoms with Crippen LogP contribution in [0.1, 0.15) is 17.2 Å². The average molecular weight is 251 g/mol. The summed E-state index contributed by atoms with van der Waals surface area (Å²) < 4.78 is 39.5. The van der Waals surface area contributed by atoms with E-state index in [0.717, 1.165) is 6.07 Å². The van der Waals surface area contributed by atoms with Crippen molar-refractivity contribution < 1.29 is 13.2 Å². The Morgan fingerprint density at radius 3 is 2.17 bits per heavy atom. The fourth-order valence-electron chi connectivity index (χ4n) is 1.87. The lowest BCUT2D eigenvalue weighted by Gasteiger charge is -2.13. The van der Waals surface area contributed by atoms with Gasteiger partial charge in [-0.15, -0.1) is 0 Å². The second kappa shape index (κ2) is 5.23. The molecule has 0 heterocycles. The van der Waals surface area contributed by atoms with Crippen molar-refractivity contribution in [3.05, 3.63) is 71.0 Å². The molecule has 0 fully saturated rings. The van der Waals surface area contributed by atoms with Crippen molar-refractivity contribution in [2.24, 2.45) is 5.73 Å². The van der Waals surface area contributed by atoms with Crippen LogP contribution in [0.15, 0.2) is 42.5 Å². The van der Waals surface area contributed by atoms with Crippen LogP contribution in [-0.2, 0) is 6.42 Å². The third kappa shape index (κ3) is 2.90. The zero-order chi connectivity index (χ0) is 13.1. The van der Waals surface area contributed by atoms with Crippen molar-refractivity contribution in [3.8, 4) is 0 Å². The Balaban J connectivity index is 2.21. The highest BCUT2D eigenvalue weighted by molar-refractivity contribution is 5.25. The first-order valence-electron chi connectivity index (χ1n) is 5.51. The van der Waals surface area contributed by atoms with Crippen LogP contribution in [0.2, 0.25) is 0 Å². The highest BCUT2D eigenvalue weighted by Crippen LogP contribution is 2.20. The maximum atomic E-state index is 13.5. The zero-order valence-electron chi connectivity index (χ0n) is 9.54. The molecule has 0 amide bonds. The Morgan fingerprint density at radius 2 is 1.56 bits per heavy atom. The molecule has 0 radical (unpaired) electrons. The van der Waals surface area contributed by atoms with Crippen LogP contribution in [0.5, 0.6) is 0 Å². The second-order valence-corrected chi connectivity index (χ2v) is 4.11. The molecule has 2 aromatic carbocycles. The first-order valence-corrected chi connectivity index (χ1v) is 5.51. The third-order valence-corrected chi connectivity index (χ3v) is 2.68. The van der Waals surface area contributed by atoms with Crippen molar-refractivity contribution in [1.29, 1.82) is 0 Å². The summed E-state index contributed by atoms with van der Waals surface area (Å²) in [5.74, 6) is -1.74. The summed E-state index contributed by atoms with van der Waals surface area (Å²) in [7, 11) is 0. The van der Waals surface area contributed by atoms with Gasteiger partial charge in [-0.2, -0.15) is 0 Å². The quantitative estimate of drug-likeness (QED) is 0.889. The van der Waals surface area contributed by atoms with Gasteiger partial charge in [-0.3, -0.25) is 0 Å². The van der Waals surface area contributed by atoms with Crippen molar-refractivity contribution in [1.82, 2.24) is 0 Å². The summed E-state index contributed by atoms with van der Waals surface area (Å²) in [5, 5.41) is 0. The van der Waals surface area contributed by atoms with Crippen LogP contribution in [0.4, 0.5) is 13.2 Å². The molecule has 0 aliphatic rings. The number of nitrogens with two attached hydrogens (primary N) is 1. The molecule has 1 atom stereocenters. The van der Waals surface area contributed by atoms with Crippen molar-refractivity contribution in [2.75, 3.05) is 0 Å². The van der Waals surface area contributed by atoms with E-state index in [9.17, 15) is 13.2 Å². The van der Waals surface area contributed by atoms with Gasteiger partial charge in [0.15, 0.2) is 0 Å². The van der Waals surface area contributed by atoms with Gasteiger partial charge in [0.1, 0.15) is 17.5 Å². The molecule has 2 N–H and O–H groups in total. The molecular weight excluding hydrogens is 239 g/mol. The van der Waals surface area contributed by atoms with Crippen LogP contribution < -0.4 is 5.73 Å². The lowest BCUT2D eigenvalue weighted by molar-refractivity contribution is 0.567. The molecule has 0 aliphatic heterocycles. The lowest BCUT2D eigenvalue weighted by Crippen LogP contribution is -2.15. The van der Waals surface area contributed by atoms with Gasteiger partial charge in [-0.25, -0.2) is 13.2 Å². The summed E-state index contributed by atoms with van der Waals surface area (Å²) in [4.78, 5) is 0. The maximum absolute atomic E-state index is 13.5. The minimum Gasteiger partial charge on any atom is -0.324 e. The van der Waals surface area contributed by atoms with E-state index < -0.39 is 23.5 Å². The Bertz CT molecular complexity index is 534. The summed E-state index contributed by atoms with van der Waals surface area (Å²) >= 11 is 0. The van der Waals surface area contributed by atoms with E-state index in [2.05, 4.69) is 0 Å². The Morgan fingerprint density at radius 1 is 0.944 bits per heavy atom. The van der Waals surface area contributed by atoms with Gasteiger partial charge in [-0.1, -0.05) is 18.2 Å². The third-order valence-electron chi connectivity index (χ3n) is 2.68. The topological polar surface area (TPSA) is 26.0 Å². The largest absolute Gasteiger partial charge is 0.324 e. The molecular formula is C14H12F3N. The molecule has 0 saturated heterocycles. The van der Waals surface area contributed by atoms with E-state index in [-0.39, 0.29) is 6.42 Å². The average Bonchev–Trinajstić information content (AvgIpc) is 2.27. The van der Waals surface area contributed by atoms with Crippen LogP contribution >= 0.6 is 0 Å². The summed E-state index contributed by atoms with van der Waals surface area (Å²) in [6.07, 6.45) is 0.176. The summed E-state index contributed by atoms with van der Waals surface area (Å²) in [6, 6.07) is 8.66. The van der Waals surface area contributed by atoms with Crippen LogP contribution in [0, 0.1) is 17.5 Å². The first kappa shape index (κ1) is 12.6. The molecule has 0 saturated carbocycles. The van der Waals surface area contributed by atoms with Crippen molar-refractivity contribution in [3.63, 3.8) is 0 Å². The van der Waals surface area contributed by atoms with Gasteiger partial charge < -0.3 is 5.73 Å². The minimum absolute atomic E-state index is 0.176. The van der Waals surface area contributed by atoms with Gasteiger partial charge in [0.25, 0.3) is 0 Å². The SMILES string of the molecule is NC(Cc1cc(F)cc(F)c1)c1ccccc1F. The molecule has 4 heteroatoms. The highest BCUT2D eigenvalue weighted by atomic mass is 19.1. The monoisotopic (exact) mass is 251 g/mol. The highest BCUT2D eigenvalue weighted by Gasteiger charge is 2.12. The number of benzene rings is 2. The molecule has 0 bridgehead atoms. The lowest BCUT2D eigenvalue weighted by atomic mass is 9.99. The predicted octanol–water partition coefficient (Wildman–Crippen LogP) is 3.35. The molecule has 0 aliphatic carbocycles. The van der Waals surface area contributed by atoms with E-state index in [1.807, 2.05) is 0 Å². The number of halogens is 3. The van der Waals surface area contributed by atoms with E-state index in [1.165, 1.54) is 18.2 Å². The smallest absolute Gasteiger partial charge is 0.127 e. The van der Waals surface area contributed by atoms with E-state index in [1.54, 1.807) is 18.2 Å². The fourth-order valence-corrected chi connectivity index (χ4v) is 1.87. The Hall–Kier alpha value is -1.81. The van der Waals surface area contributed by atoms with Gasteiger partial charge in [0.2, 0.25) is 0 Å². The predicted molar refractivity (Wildman–Crippen MR) is 63.4 cm³/mol. The van der Waals surface area contributed by atoms with Gasteiger partial charge in [0, 0.05) is 17.7 Å². The molecule has 0 spiro atoms. The Kier molecular flexibility index (Phi) is 3.67. The normalized spacial score (nSPS) is 12.4. The van der Waals surface area contributed by atoms with Crippen molar-refractivity contribution >= 4 is 0 Å². The molecule has 0 aromatic heterocycles. The minimum atomic E-state index is -0.661. The standard InChI is InChI=1S/C14H12F3N/c15-10-5-9(6-11(16)8-10)7-14(18)12-3-1-2-4-13(12)17/h1-6,8,14H,7,18H2. The number of rotatable bonds is 3. The van der Waals surface area contributed by atoms with Crippen LogP contribution in [-0.4, -0.2) is 0 Å². The van der Waals surface area contributed by atoms with Crippen molar-refractivity contribution in [2.45, 2.75) is 12.5 Å². The van der Waals surface area contributed by atoms with Gasteiger partial charge >= 0.3 is 0 Å². The van der Waals surface area contributed by atoms with Gasteiger partial charge in [0.05, 0.1) is 0 Å². The number of hydrogen-bond acceptors (Lipinski definition) is 1. The molecule has 18 heavy (non-hydrogen) atoms. The molecule has 2 aromatic rings. The Labute approximate surface area is 103 Å². The molecule has 1 nitrogen and oxygen atoms in total. The molecule has 1 unspecified atom stereocenters. The zero-order valence-corrected chi connectivity index (χ0v) is 9.54. The fraction of sp³-hybridized carbons (Fsp3) is 0.143. The summed E-state index contributed by atoms with van der Waals surface area (Å²) in [6.45, 7) is 0. The van der Waals surface area contributed by atoms with Crippen LogP contribution in [0.25, 0.3) is 0 Å². The number of hydrogen-bond donors (Lipinski definition) is 1. The van der Waals surface area contributed by atoms with E-state index >= 15 is 0 Å². The van der Waals surface area contributed by atoms with Crippen LogP contribution in [0.3, 0.4) is 0 Å². The van der Waals surface area contributed by atoms with E-state index in [0.29, 0.717) is 11.1 Å². The summed E-state index contributed by atoms with van der Waals surface area (Å²) in [5.41, 5.74) is 6.58. The second-order valence-electron chi connectivity index (χ2n) is 4.11. The van der Waals surface area contributed by atoms with E-state index in [4.69, 9.17) is 5.73 Å². The first-order chi connectivity index (χ1) is 8.56. The molecule has 94 valence electrons. The van der Waals surface area contributed by atoms with Gasteiger partial charge in [-0.05, 0) is 30.2 Å². The maximum Gasteiger partial charge on any atom is 0.127 e.